The Morgan fingerprint density at radius 1 is 1.18 bits per heavy atom. The van der Waals surface area contributed by atoms with Gasteiger partial charge in [0.05, 0.1) is 0 Å². The van der Waals surface area contributed by atoms with Gasteiger partial charge in [0.25, 0.3) is 5.91 Å². The van der Waals surface area contributed by atoms with Crippen LogP contribution in [0.15, 0.2) is 18.2 Å². The number of carbonyl (C=O) groups is 2. The summed E-state index contributed by atoms with van der Waals surface area (Å²) in [6.45, 7) is 7.76. The second-order valence-electron chi connectivity index (χ2n) is 6.00. The average molecular weight is 310 g/mol. The molecule has 0 saturated heterocycles. The summed E-state index contributed by atoms with van der Waals surface area (Å²) in [4.78, 5) is 23.2. The monoisotopic (exact) mass is 310 g/mol. The molecular weight excluding hydrogens is 287 g/mol. The summed E-state index contributed by atoms with van der Waals surface area (Å²) < 4.78 is 18.4. The fourth-order valence-electron chi connectivity index (χ4n) is 1.63. The van der Waals surface area contributed by atoms with Gasteiger partial charge in [0.15, 0.2) is 0 Å². The van der Waals surface area contributed by atoms with Gasteiger partial charge in [0, 0.05) is 18.7 Å². The highest BCUT2D eigenvalue weighted by Gasteiger charge is 2.15. The van der Waals surface area contributed by atoms with Crippen LogP contribution >= 0.6 is 0 Å². The van der Waals surface area contributed by atoms with Gasteiger partial charge >= 0.3 is 6.09 Å². The second kappa shape index (κ2) is 7.77. The number of rotatable bonds is 5. The van der Waals surface area contributed by atoms with E-state index in [2.05, 4.69) is 10.6 Å². The molecule has 2 N–H and O–H groups in total. The molecule has 6 heteroatoms. The van der Waals surface area contributed by atoms with Crippen molar-refractivity contribution >= 4 is 12.0 Å². The molecule has 0 aliphatic carbocycles. The molecule has 0 radical (unpaired) electrons. The lowest BCUT2D eigenvalue weighted by Gasteiger charge is -2.19. The fraction of sp³-hybridized carbons (Fsp3) is 0.500. The van der Waals surface area contributed by atoms with Gasteiger partial charge in [-0.15, -0.1) is 0 Å². The van der Waals surface area contributed by atoms with Gasteiger partial charge in [-0.2, -0.15) is 0 Å². The van der Waals surface area contributed by atoms with Gasteiger partial charge in [-0.1, -0.05) is 6.07 Å². The minimum atomic E-state index is -0.534. The highest BCUT2D eigenvalue weighted by Crippen LogP contribution is 2.09. The molecule has 0 aromatic heterocycles. The summed E-state index contributed by atoms with van der Waals surface area (Å²) in [7, 11) is 0. The average Bonchev–Trinajstić information content (AvgIpc) is 2.39. The predicted molar refractivity (Wildman–Crippen MR) is 82.3 cm³/mol. The predicted octanol–water partition coefficient (Wildman–Crippen LogP) is 2.78. The number of amides is 2. The number of ether oxygens (including phenoxy) is 1. The lowest BCUT2D eigenvalue weighted by atomic mass is 10.1. The van der Waals surface area contributed by atoms with Crippen molar-refractivity contribution in [3.05, 3.63) is 35.1 Å². The van der Waals surface area contributed by atoms with Crippen LogP contribution in [0.5, 0.6) is 0 Å². The lowest BCUT2D eigenvalue weighted by molar-refractivity contribution is 0.0527. The van der Waals surface area contributed by atoms with E-state index in [1.54, 1.807) is 39.8 Å². The molecule has 0 aliphatic rings. The normalized spacial score (nSPS) is 11.0. The highest BCUT2D eigenvalue weighted by atomic mass is 19.1. The Labute approximate surface area is 130 Å². The Hall–Kier alpha value is -2.11. The SMILES string of the molecule is Cc1ccc(C(=O)NCCCNC(=O)OC(C)(C)C)cc1F. The largest absolute Gasteiger partial charge is 0.444 e. The quantitative estimate of drug-likeness (QED) is 0.822. The summed E-state index contributed by atoms with van der Waals surface area (Å²) in [6.07, 6.45) is 0.0683. The van der Waals surface area contributed by atoms with Crippen LogP contribution in [0.1, 0.15) is 43.1 Å². The van der Waals surface area contributed by atoms with E-state index >= 15 is 0 Å². The third kappa shape index (κ3) is 6.56. The van der Waals surface area contributed by atoms with Crippen LogP contribution in [0.3, 0.4) is 0 Å². The molecule has 22 heavy (non-hydrogen) atoms. The molecule has 0 saturated carbocycles. The molecule has 0 unspecified atom stereocenters. The molecule has 1 aromatic carbocycles. The number of carbonyl (C=O) groups excluding carboxylic acids is 2. The maximum absolute atomic E-state index is 13.4. The van der Waals surface area contributed by atoms with Gasteiger partial charge in [-0.25, -0.2) is 9.18 Å². The van der Waals surface area contributed by atoms with E-state index in [0.29, 0.717) is 25.1 Å². The van der Waals surface area contributed by atoms with E-state index in [1.165, 1.54) is 6.07 Å². The first kappa shape index (κ1) is 17.9. The van der Waals surface area contributed by atoms with Gasteiger partial charge in [-0.05, 0) is 51.8 Å². The zero-order valence-electron chi connectivity index (χ0n) is 13.5. The molecule has 0 atom stereocenters. The Kier molecular flexibility index (Phi) is 6.34. The molecule has 0 heterocycles. The van der Waals surface area contributed by atoms with Gasteiger partial charge in [-0.3, -0.25) is 4.79 Å². The summed E-state index contributed by atoms with van der Waals surface area (Å²) in [5.41, 5.74) is 0.245. The van der Waals surface area contributed by atoms with E-state index in [4.69, 9.17) is 4.74 Å². The van der Waals surface area contributed by atoms with E-state index in [-0.39, 0.29) is 11.5 Å². The maximum atomic E-state index is 13.4. The first-order valence-corrected chi connectivity index (χ1v) is 7.20. The number of halogens is 1. The third-order valence-electron chi connectivity index (χ3n) is 2.74. The number of alkyl carbamates (subject to hydrolysis) is 1. The molecule has 2 amide bonds. The van der Waals surface area contributed by atoms with Crippen molar-refractivity contribution < 1.29 is 18.7 Å². The zero-order valence-corrected chi connectivity index (χ0v) is 13.5. The number of hydrogen-bond acceptors (Lipinski definition) is 3. The molecule has 122 valence electrons. The summed E-state index contributed by atoms with van der Waals surface area (Å²) in [5.74, 6) is -0.740. The first-order chi connectivity index (χ1) is 10.2. The molecule has 5 nitrogen and oxygen atoms in total. The van der Waals surface area contributed by atoms with Gasteiger partial charge < -0.3 is 15.4 Å². The van der Waals surface area contributed by atoms with Crippen LogP contribution < -0.4 is 10.6 Å². The van der Waals surface area contributed by atoms with Crippen LogP contribution in [-0.4, -0.2) is 30.7 Å². The second-order valence-corrected chi connectivity index (χ2v) is 6.00. The van der Waals surface area contributed by atoms with Crippen molar-refractivity contribution in [3.63, 3.8) is 0 Å². The van der Waals surface area contributed by atoms with Crippen molar-refractivity contribution in [2.24, 2.45) is 0 Å². The molecule has 0 spiro atoms. The standard InChI is InChI=1S/C16H23FN2O3/c1-11-6-7-12(10-13(11)17)14(20)18-8-5-9-19-15(21)22-16(2,3)4/h6-7,10H,5,8-9H2,1-4H3,(H,18,20)(H,19,21). The van der Waals surface area contributed by atoms with Crippen LogP contribution in [0.2, 0.25) is 0 Å². The van der Waals surface area contributed by atoms with E-state index < -0.39 is 17.5 Å². The Morgan fingerprint density at radius 2 is 1.82 bits per heavy atom. The van der Waals surface area contributed by atoms with Crippen molar-refractivity contribution in [3.8, 4) is 0 Å². The van der Waals surface area contributed by atoms with Crippen LogP contribution in [0, 0.1) is 12.7 Å². The minimum absolute atomic E-state index is 0.281. The molecule has 0 aliphatic heterocycles. The Bertz CT molecular complexity index is 539. The summed E-state index contributed by atoms with van der Waals surface area (Å²) in [5, 5.41) is 5.27. The van der Waals surface area contributed by atoms with Gasteiger partial charge in [0.2, 0.25) is 0 Å². The zero-order chi connectivity index (χ0) is 16.8. The summed E-state index contributed by atoms with van der Waals surface area (Å²) >= 11 is 0. The summed E-state index contributed by atoms with van der Waals surface area (Å²) in [6, 6.07) is 4.35. The fourth-order valence-corrected chi connectivity index (χ4v) is 1.63. The maximum Gasteiger partial charge on any atom is 0.407 e. The smallest absolute Gasteiger partial charge is 0.407 e. The number of nitrogens with one attached hydrogen (secondary N) is 2. The van der Waals surface area contributed by atoms with Gasteiger partial charge in [0.1, 0.15) is 11.4 Å². The third-order valence-corrected chi connectivity index (χ3v) is 2.74. The van der Waals surface area contributed by atoms with E-state index in [9.17, 15) is 14.0 Å². The molecule has 0 bridgehead atoms. The van der Waals surface area contributed by atoms with Crippen LogP contribution in [0.25, 0.3) is 0 Å². The minimum Gasteiger partial charge on any atom is -0.444 e. The lowest BCUT2D eigenvalue weighted by Crippen LogP contribution is -2.34. The number of aryl methyl sites for hydroxylation is 1. The van der Waals surface area contributed by atoms with Crippen LogP contribution in [0.4, 0.5) is 9.18 Å². The highest BCUT2D eigenvalue weighted by molar-refractivity contribution is 5.94. The molecular formula is C16H23FN2O3. The Balaban J connectivity index is 2.25. The van der Waals surface area contributed by atoms with Crippen molar-refractivity contribution in [2.45, 2.75) is 39.7 Å². The van der Waals surface area contributed by atoms with Crippen molar-refractivity contribution in [1.82, 2.24) is 10.6 Å². The van der Waals surface area contributed by atoms with E-state index in [1.807, 2.05) is 0 Å². The van der Waals surface area contributed by atoms with Crippen LogP contribution in [-0.2, 0) is 4.74 Å². The topological polar surface area (TPSA) is 67.4 Å². The number of hydrogen-bond donors (Lipinski definition) is 2. The molecule has 0 fully saturated rings. The first-order valence-electron chi connectivity index (χ1n) is 7.20. The Morgan fingerprint density at radius 3 is 2.41 bits per heavy atom. The van der Waals surface area contributed by atoms with E-state index in [0.717, 1.165) is 0 Å². The van der Waals surface area contributed by atoms with Crippen molar-refractivity contribution in [1.29, 1.82) is 0 Å². The molecule has 1 rings (SSSR count). The van der Waals surface area contributed by atoms with Crippen molar-refractivity contribution in [2.75, 3.05) is 13.1 Å². The molecule has 1 aromatic rings. The number of benzene rings is 1.